The Bertz CT molecular complexity index is 963. The molecule has 0 aliphatic carbocycles. The van der Waals surface area contributed by atoms with E-state index < -0.39 is 0 Å². The summed E-state index contributed by atoms with van der Waals surface area (Å²) in [5, 5.41) is 0.704. The highest BCUT2D eigenvalue weighted by molar-refractivity contribution is 7.09. The van der Waals surface area contributed by atoms with E-state index in [1.54, 1.807) is 18.3 Å². The zero-order valence-electron chi connectivity index (χ0n) is 16.1. The van der Waals surface area contributed by atoms with Gasteiger partial charge < -0.3 is 9.47 Å². The van der Waals surface area contributed by atoms with Crippen LogP contribution in [0, 0.1) is 0 Å². The predicted octanol–water partition coefficient (Wildman–Crippen LogP) is 3.70. The summed E-state index contributed by atoms with van der Waals surface area (Å²) in [6.45, 7) is 4.89. The summed E-state index contributed by atoms with van der Waals surface area (Å²) < 4.78 is 2.15. The lowest BCUT2D eigenvalue weighted by Gasteiger charge is -2.38. The number of fused-ring (bicyclic) bond motifs is 1. The molecule has 0 saturated carbocycles. The van der Waals surface area contributed by atoms with Crippen molar-refractivity contribution >= 4 is 39.9 Å². The second kappa shape index (κ2) is 8.19. The lowest BCUT2D eigenvalue weighted by molar-refractivity contribution is -0.130. The molecule has 0 atom stereocenters. The molecule has 8 heteroatoms. The molecule has 0 unspecified atom stereocenters. The molecule has 1 fully saturated rings. The van der Waals surface area contributed by atoms with Gasteiger partial charge in [-0.2, -0.15) is 0 Å². The summed E-state index contributed by atoms with van der Waals surface area (Å²) in [7, 11) is 2.06. The molecule has 2 aromatic heterocycles. The van der Waals surface area contributed by atoms with Crippen molar-refractivity contribution in [3.05, 3.63) is 45.6 Å². The molecule has 0 N–H and O–H groups in total. The number of likely N-dealkylation sites (tertiary alicyclic amines) is 1. The van der Waals surface area contributed by atoms with Gasteiger partial charge in [0.15, 0.2) is 0 Å². The maximum absolute atomic E-state index is 11.7. The van der Waals surface area contributed by atoms with Gasteiger partial charge >= 0.3 is 0 Å². The summed E-state index contributed by atoms with van der Waals surface area (Å²) in [6.07, 6.45) is 3.90. The Morgan fingerprint density at radius 3 is 2.79 bits per heavy atom. The van der Waals surface area contributed by atoms with Gasteiger partial charge in [0.25, 0.3) is 0 Å². The summed E-state index contributed by atoms with van der Waals surface area (Å²) >= 11 is 7.82. The van der Waals surface area contributed by atoms with Crippen molar-refractivity contribution in [2.24, 2.45) is 7.05 Å². The van der Waals surface area contributed by atoms with Crippen molar-refractivity contribution in [3.63, 3.8) is 0 Å². The van der Waals surface area contributed by atoms with E-state index >= 15 is 0 Å². The Labute approximate surface area is 173 Å². The van der Waals surface area contributed by atoms with Crippen LogP contribution < -0.4 is 0 Å². The minimum atomic E-state index is 0.166. The molecule has 148 valence electrons. The largest absolute Gasteiger partial charge is 0.343 e. The fourth-order valence-electron chi connectivity index (χ4n) is 3.93. The summed E-state index contributed by atoms with van der Waals surface area (Å²) in [4.78, 5) is 26.4. The first-order valence-electron chi connectivity index (χ1n) is 9.49. The van der Waals surface area contributed by atoms with Crippen molar-refractivity contribution in [1.29, 1.82) is 0 Å². The highest BCUT2D eigenvalue weighted by Crippen LogP contribution is 2.25. The standard InChI is InChI=1S/C20H24ClN5OS/c1-14(27)25-7-5-16(6-8-25)26(11-17-10-22-13-28-17)12-20-23-18-9-15(21)3-4-19(18)24(20)2/h3-4,9-10,13,16H,5-8,11-12H2,1-2H3. The highest BCUT2D eigenvalue weighted by atomic mass is 35.5. The zero-order valence-corrected chi connectivity index (χ0v) is 17.7. The van der Waals surface area contributed by atoms with Crippen molar-refractivity contribution in [2.45, 2.75) is 38.9 Å². The number of hydrogen-bond acceptors (Lipinski definition) is 5. The number of nitrogens with zero attached hydrogens (tertiary/aromatic N) is 5. The maximum atomic E-state index is 11.7. The minimum absolute atomic E-state index is 0.166. The van der Waals surface area contributed by atoms with E-state index in [4.69, 9.17) is 16.6 Å². The number of hydrogen-bond donors (Lipinski definition) is 0. The van der Waals surface area contributed by atoms with Gasteiger partial charge in [-0.3, -0.25) is 14.7 Å². The molecule has 1 aromatic carbocycles. The van der Waals surface area contributed by atoms with E-state index in [1.807, 2.05) is 34.8 Å². The molecule has 3 aromatic rings. The van der Waals surface area contributed by atoms with E-state index in [0.717, 1.165) is 55.9 Å². The Morgan fingerprint density at radius 1 is 1.32 bits per heavy atom. The normalized spacial score (nSPS) is 15.6. The van der Waals surface area contributed by atoms with E-state index in [9.17, 15) is 4.79 Å². The quantitative estimate of drug-likeness (QED) is 0.635. The van der Waals surface area contributed by atoms with Gasteiger partial charge in [-0.15, -0.1) is 11.3 Å². The zero-order chi connectivity index (χ0) is 19.7. The molecule has 1 aliphatic rings. The number of carbonyl (C=O) groups is 1. The van der Waals surface area contributed by atoms with E-state index in [2.05, 4.69) is 21.5 Å². The van der Waals surface area contributed by atoms with Crippen LogP contribution in [0.25, 0.3) is 11.0 Å². The smallest absolute Gasteiger partial charge is 0.219 e. The first-order chi connectivity index (χ1) is 13.5. The second-order valence-electron chi connectivity index (χ2n) is 7.33. The number of halogens is 1. The van der Waals surface area contributed by atoms with E-state index in [1.165, 1.54) is 4.88 Å². The van der Waals surface area contributed by atoms with Gasteiger partial charge in [0, 0.05) is 55.7 Å². The number of aryl methyl sites for hydroxylation is 1. The number of carbonyl (C=O) groups excluding carboxylic acids is 1. The number of piperidine rings is 1. The molecule has 3 heterocycles. The van der Waals surface area contributed by atoms with E-state index in [-0.39, 0.29) is 5.91 Å². The van der Waals surface area contributed by atoms with Crippen molar-refractivity contribution in [3.8, 4) is 0 Å². The van der Waals surface area contributed by atoms with Gasteiger partial charge in [0.1, 0.15) is 5.82 Å². The molecule has 4 rings (SSSR count). The average Bonchev–Trinajstić information content (AvgIpc) is 3.29. The van der Waals surface area contributed by atoms with Crippen LogP contribution in [-0.4, -0.2) is 49.4 Å². The summed E-state index contributed by atoms with van der Waals surface area (Å²) in [5.74, 6) is 1.19. The molecule has 0 bridgehead atoms. The first-order valence-corrected chi connectivity index (χ1v) is 10.7. The monoisotopic (exact) mass is 417 g/mol. The lowest BCUT2D eigenvalue weighted by Crippen LogP contribution is -2.45. The summed E-state index contributed by atoms with van der Waals surface area (Å²) in [6, 6.07) is 6.26. The highest BCUT2D eigenvalue weighted by Gasteiger charge is 2.27. The van der Waals surface area contributed by atoms with Crippen LogP contribution in [0.15, 0.2) is 29.9 Å². The number of rotatable bonds is 5. The summed E-state index contributed by atoms with van der Waals surface area (Å²) in [5.41, 5.74) is 3.89. The average molecular weight is 418 g/mol. The lowest BCUT2D eigenvalue weighted by atomic mass is 10.0. The van der Waals surface area contributed by atoms with Gasteiger partial charge in [0.2, 0.25) is 5.91 Å². The molecule has 28 heavy (non-hydrogen) atoms. The number of thiazole rings is 1. The Morgan fingerprint density at radius 2 is 2.11 bits per heavy atom. The van der Waals surface area contributed by atoms with Crippen molar-refractivity contribution in [2.75, 3.05) is 13.1 Å². The number of amides is 1. The molecule has 1 saturated heterocycles. The van der Waals surface area contributed by atoms with Crippen LogP contribution in [0.3, 0.4) is 0 Å². The molecule has 1 amide bonds. The topological polar surface area (TPSA) is 54.3 Å². The number of benzene rings is 1. The molecule has 0 radical (unpaired) electrons. The molecular formula is C20H24ClN5OS. The predicted molar refractivity (Wildman–Crippen MR) is 112 cm³/mol. The fraction of sp³-hybridized carbons (Fsp3) is 0.450. The molecular weight excluding hydrogens is 394 g/mol. The third-order valence-electron chi connectivity index (χ3n) is 5.55. The van der Waals surface area contributed by atoms with Gasteiger partial charge in [-0.05, 0) is 31.0 Å². The second-order valence-corrected chi connectivity index (χ2v) is 8.74. The van der Waals surface area contributed by atoms with Crippen LogP contribution in [-0.2, 0) is 24.9 Å². The third-order valence-corrected chi connectivity index (χ3v) is 6.55. The SMILES string of the molecule is CC(=O)N1CCC(N(Cc2cncs2)Cc2nc3cc(Cl)ccc3n2C)CC1. The Balaban J connectivity index is 1.57. The van der Waals surface area contributed by atoms with Gasteiger partial charge in [0.05, 0.1) is 23.1 Å². The van der Waals surface area contributed by atoms with Crippen LogP contribution in [0.5, 0.6) is 0 Å². The number of imidazole rings is 1. The van der Waals surface area contributed by atoms with Crippen LogP contribution in [0.4, 0.5) is 0 Å². The van der Waals surface area contributed by atoms with Gasteiger partial charge in [-0.1, -0.05) is 11.6 Å². The Kier molecular flexibility index (Phi) is 5.66. The molecule has 0 spiro atoms. The maximum Gasteiger partial charge on any atom is 0.219 e. The Hall–Kier alpha value is -1.96. The van der Waals surface area contributed by atoms with Crippen LogP contribution >= 0.6 is 22.9 Å². The van der Waals surface area contributed by atoms with E-state index in [0.29, 0.717) is 11.1 Å². The van der Waals surface area contributed by atoms with Crippen LogP contribution in [0.1, 0.15) is 30.5 Å². The van der Waals surface area contributed by atoms with Crippen molar-refractivity contribution < 1.29 is 4.79 Å². The van der Waals surface area contributed by atoms with Crippen molar-refractivity contribution in [1.82, 2.24) is 24.3 Å². The minimum Gasteiger partial charge on any atom is -0.343 e. The van der Waals surface area contributed by atoms with Crippen LogP contribution in [0.2, 0.25) is 5.02 Å². The third kappa shape index (κ3) is 4.06. The number of aromatic nitrogens is 3. The molecule has 1 aliphatic heterocycles. The van der Waals surface area contributed by atoms with Gasteiger partial charge in [-0.25, -0.2) is 4.98 Å². The molecule has 6 nitrogen and oxygen atoms in total. The fourth-order valence-corrected chi connectivity index (χ4v) is 4.71. The first kappa shape index (κ1) is 19.4.